The van der Waals surface area contributed by atoms with Crippen molar-refractivity contribution in [1.82, 2.24) is 4.90 Å². The van der Waals surface area contributed by atoms with E-state index in [1.165, 1.54) is 70.8 Å². The molecule has 2 aliphatic carbocycles. The Hall–Kier alpha value is 1.07. The SMILES string of the molecule is CCN(C(=S)[S-])C1CCCCC1.CC[NH2+]C1CCCCC1.[Na+]. The molecule has 2 fully saturated rings. The van der Waals surface area contributed by atoms with Crippen LogP contribution >= 0.6 is 12.2 Å². The zero-order chi connectivity index (χ0) is 15.5. The molecule has 124 valence electrons. The Morgan fingerprint density at radius 1 is 1.00 bits per heavy atom. The minimum Gasteiger partial charge on any atom is -0.411 e. The zero-order valence-corrected chi connectivity index (χ0v) is 18.6. The van der Waals surface area contributed by atoms with Crippen LogP contribution in [0.5, 0.6) is 0 Å². The van der Waals surface area contributed by atoms with Gasteiger partial charge in [-0.1, -0.05) is 30.0 Å². The van der Waals surface area contributed by atoms with Crippen molar-refractivity contribution in [3.8, 4) is 0 Å². The molecule has 0 saturated heterocycles. The van der Waals surface area contributed by atoms with Gasteiger partial charge in [0, 0.05) is 12.6 Å². The number of hydrogen-bond donors (Lipinski definition) is 1. The number of nitrogens with zero attached hydrogens (tertiary/aromatic N) is 1. The second-order valence-corrected chi connectivity index (χ2v) is 7.42. The van der Waals surface area contributed by atoms with Crippen LogP contribution in [0.3, 0.4) is 0 Å². The van der Waals surface area contributed by atoms with Crippen LogP contribution in [0.15, 0.2) is 0 Å². The summed E-state index contributed by atoms with van der Waals surface area (Å²) in [4.78, 5) is 2.20. The molecule has 0 spiro atoms. The number of rotatable bonds is 4. The van der Waals surface area contributed by atoms with E-state index in [4.69, 9.17) is 24.8 Å². The van der Waals surface area contributed by atoms with Crippen molar-refractivity contribution in [2.45, 2.75) is 90.1 Å². The Balaban J connectivity index is 0.000000397. The average molecular weight is 354 g/mol. The Morgan fingerprint density at radius 3 is 1.91 bits per heavy atom. The normalized spacial score (nSPS) is 19.5. The van der Waals surface area contributed by atoms with E-state index in [-0.39, 0.29) is 29.6 Å². The van der Waals surface area contributed by atoms with E-state index < -0.39 is 0 Å². The maximum Gasteiger partial charge on any atom is 1.00 e. The van der Waals surface area contributed by atoms with E-state index in [0.717, 1.165) is 12.6 Å². The van der Waals surface area contributed by atoms with Crippen molar-refractivity contribution in [1.29, 1.82) is 0 Å². The van der Waals surface area contributed by atoms with Crippen LogP contribution in [0.1, 0.15) is 78.1 Å². The van der Waals surface area contributed by atoms with Gasteiger partial charge in [-0.15, -0.1) is 0 Å². The number of hydrogen-bond acceptors (Lipinski definition) is 2. The number of nitrogens with two attached hydrogens (primary N) is 1. The van der Waals surface area contributed by atoms with Gasteiger partial charge in [0.15, 0.2) is 0 Å². The maximum atomic E-state index is 5.04. The van der Waals surface area contributed by atoms with Gasteiger partial charge < -0.3 is 35.1 Å². The molecule has 0 bridgehead atoms. The smallest absolute Gasteiger partial charge is 0.411 e. The molecule has 0 aromatic heterocycles. The van der Waals surface area contributed by atoms with Crippen LogP contribution in [0.4, 0.5) is 0 Å². The fourth-order valence-electron chi connectivity index (χ4n) is 3.63. The predicted molar refractivity (Wildman–Crippen MR) is 98.6 cm³/mol. The second-order valence-electron chi connectivity index (χ2n) is 6.39. The number of thiocarbonyl (C=S) groups is 1. The van der Waals surface area contributed by atoms with Crippen molar-refractivity contribution in [3.05, 3.63) is 0 Å². The van der Waals surface area contributed by atoms with E-state index in [1.807, 2.05) is 0 Å². The first-order valence-corrected chi connectivity index (χ1v) is 9.81. The third kappa shape index (κ3) is 9.39. The van der Waals surface area contributed by atoms with Crippen molar-refractivity contribution in [3.63, 3.8) is 0 Å². The monoisotopic (exact) mass is 353 g/mol. The van der Waals surface area contributed by atoms with Crippen molar-refractivity contribution in [2.24, 2.45) is 0 Å². The fourth-order valence-corrected chi connectivity index (χ4v) is 4.19. The molecule has 0 heterocycles. The van der Waals surface area contributed by atoms with Gasteiger partial charge in [0.25, 0.3) is 0 Å². The molecular formula is C17H34N2NaS2+. The molecular weight excluding hydrogens is 319 g/mol. The summed E-state index contributed by atoms with van der Waals surface area (Å²) in [6, 6.07) is 1.62. The first-order chi connectivity index (χ1) is 10.2. The molecule has 0 aromatic rings. The van der Waals surface area contributed by atoms with Crippen molar-refractivity contribution < 1.29 is 34.9 Å². The van der Waals surface area contributed by atoms with E-state index in [0.29, 0.717) is 10.4 Å². The molecule has 5 heteroatoms. The third-order valence-electron chi connectivity index (χ3n) is 4.81. The van der Waals surface area contributed by atoms with Crippen molar-refractivity contribution >= 4 is 29.2 Å². The van der Waals surface area contributed by atoms with E-state index in [1.54, 1.807) is 0 Å². The summed E-state index contributed by atoms with van der Waals surface area (Å²) >= 11 is 10.1. The Morgan fingerprint density at radius 2 is 1.50 bits per heavy atom. The summed E-state index contributed by atoms with van der Waals surface area (Å²) in [5.41, 5.74) is 0. The predicted octanol–water partition coefficient (Wildman–Crippen LogP) is 0.379. The molecule has 0 unspecified atom stereocenters. The van der Waals surface area contributed by atoms with Crippen LogP contribution in [0.25, 0.3) is 0 Å². The fraction of sp³-hybridized carbons (Fsp3) is 0.941. The molecule has 0 aliphatic heterocycles. The minimum absolute atomic E-state index is 0. The summed E-state index contributed by atoms with van der Waals surface area (Å²) in [5, 5.41) is 2.49. The molecule has 0 atom stereocenters. The molecule has 2 nitrogen and oxygen atoms in total. The van der Waals surface area contributed by atoms with Gasteiger partial charge in [-0.05, 0) is 52.4 Å². The van der Waals surface area contributed by atoms with Crippen LogP contribution < -0.4 is 34.9 Å². The zero-order valence-electron chi connectivity index (χ0n) is 15.0. The summed E-state index contributed by atoms with van der Waals surface area (Å²) in [6.45, 7) is 6.62. The maximum absolute atomic E-state index is 5.04. The summed E-state index contributed by atoms with van der Waals surface area (Å²) < 4.78 is 0.657. The summed E-state index contributed by atoms with van der Waals surface area (Å²) in [6.07, 6.45) is 14.0. The Kier molecular flexibility index (Phi) is 15.1. The van der Waals surface area contributed by atoms with Gasteiger partial charge in [-0.2, -0.15) is 0 Å². The van der Waals surface area contributed by atoms with Crippen LogP contribution in [0.2, 0.25) is 0 Å². The van der Waals surface area contributed by atoms with Gasteiger partial charge in [-0.25, -0.2) is 0 Å². The van der Waals surface area contributed by atoms with Gasteiger partial charge in [0.1, 0.15) is 0 Å². The summed E-state index contributed by atoms with van der Waals surface area (Å²) in [5.74, 6) is 0. The van der Waals surface area contributed by atoms with Gasteiger partial charge in [0.05, 0.1) is 12.6 Å². The van der Waals surface area contributed by atoms with E-state index >= 15 is 0 Å². The van der Waals surface area contributed by atoms with Crippen LogP contribution in [0, 0.1) is 0 Å². The topological polar surface area (TPSA) is 19.9 Å². The molecule has 22 heavy (non-hydrogen) atoms. The first-order valence-electron chi connectivity index (χ1n) is 9.00. The Labute approximate surface area is 171 Å². The first kappa shape index (κ1) is 23.1. The van der Waals surface area contributed by atoms with Crippen LogP contribution in [-0.4, -0.2) is 34.4 Å². The molecule has 0 radical (unpaired) electrons. The summed E-state index contributed by atoms with van der Waals surface area (Å²) in [7, 11) is 0. The van der Waals surface area contributed by atoms with Gasteiger partial charge in [0.2, 0.25) is 0 Å². The number of quaternary nitrogens is 1. The van der Waals surface area contributed by atoms with Gasteiger partial charge >= 0.3 is 29.6 Å². The minimum atomic E-state index is 0. The molecule has 2 saturated carbocycles. The molecule has 2 N–H and O–H groups in total. The van der Waals surface area contributed by atoms with Crippen molar-refractivity contribution in [2.75, 3.05) is 13.1 Å². The van der Waals surface area contributed by atoms with Crippen LogP contribution in [-0.2, 0) is 12.6 Å². The molecule has 0 aromatic carbocycles. The molecule has 2 rings (SSSR count). The average Bonchev–Trinajstić information content (AvgIpc) is 2.51. The second kappa shape index (κ2) is 14.4. The largest absolute Gasteiger partial charge is 1.00 e. The quantitative estimate of drug-likeness (QED) is 0.448. The Bertz CT molecular complexity index is 275. The van der Waals surface area contributed by atoms with E-state index in [9.17, 15) is 0 Å². The standard InChI is InChI=1S/C9H17NS2.C8H17N.Na/c1-2-10(9(11)12)8-6-4-3-5-7-8;1-2-9-8-6-4-3-5-7-8;/h8H,2-7H2,1H3,(H,11,12);8-9H,2-7H2,1H3;/q;;+1. The van der Waals surface area contributed by atoms with E-state index in [2.05, 4.69) is 24.1 Å². The molecule has 0 amide bonds. The molecule has 2 aliphatic rings. The van der Waals surface area contributed by atoms with Gasteiger partial charge in [-0.3, -0.25) is 0 Å². The third-order valence-corrected chi connectivity index (χ3v) is 5.28.